The molecule has 0 radical (unpaired) electrons. The molecule has 1 atom stereocenters. The molecule has 0 aliphatic rings. The number of methoxy groups -OCH3 is 2. The van der Waals surface area contributed by atoms with Crippen molar-refractivity contribution in [3.05, 3.63) is 59.4 Å². The van der Waals surface area contributed by atoms with Gasteiger partial charge in [-0.15, -0.1) is 0 Å². The van der Waals surface area contributed by atoms with Crippen LogP contribution >= 0.6 is 0 Å². The third-order valence-electron chi connectivity index (χ3n) is 3.79. The zero-order valence-corrected chi connectivity index (χ0v) is 15.8. The Bertz CT molecular complexity index is 946. The minimum absolute atomic E-state index is 0.402. The number of halogens is 3. The molecule has 0 unspecified atom stereocenters. The maximum atomic E-state index is 13.6. The molecule has 0 fully saturated rings. The number of esters is 1. The summed E-state index contributed by atoms with van der Waals surface area (Å²) < 4.78 is 55.1. The van der Waals surface area contributed by atoms with Crippen LogP contribution in [0.4, 0.5) is 18.9 Å². The summed E-state index contributed by atoms with van der Waals surface area (Å²) in [4.78, 5) is 24.0. The molecule has 6 nitrogen and oxygen atoms in total. The number of hydrogen-bond donors (Lipinski definition) is 1. The van der Waals surface area contributed by atoms with Crippen molar-refractivity contribution < 1.29 is 37.0 Å². The Kier molecular flexibility index (Phi) is 7.24. The van der Waals surface area contributed by atoms with Gasteiger partial charge in [0.15, 0.2) is 35.1 Å². The van der Waals surface area contributed by atoms with E-state index in [0.29, 0.717) is 23.1 Å². The van der Waals surface area contributed by atoms with Crippen LogP contribution in [0.1, 0.15) is 12.5 Å². The molecule has 1 N–H and O–H groups in total. The Balaban J connectivity index is 2.03. The smallest absolute Gasteiger partial charge is 0.331 e. The van der Waals surface area contributed by atoms with Crippen molar-refractivity contribution in [3.63, 3.8) is 0 Å². The Hall–Kier alpha value is -3.49. The number of nitrogens with one attached hydrogen (secondary N) is 1. The number of anilines is 1. The molecule has 1 amide bonds. The van der Waals surface area contributed by atoms with E-state index in [2.05, 4.69) is 0 Å². The third kappa shape index (κ3) is 5.28. The van der Waals surface area contributed by atoms with Crippen LogP contribution in [-0.4, -0.2) is 32.2 Å². The number of carbonyl (C=O) groups excluding carboxylic acids is 2. The number of para-hydroxylation sites is 1. The van der Waals surface area contributed by atoms with Crippen LogP contribution in [-0.2, 0) is 14.3 Å². The Morgan fingerprint density at radius 3 is 2.41 bits per heavy atom. The van der Waals surface area contributed by atoms with Gasteiger partial charge in [0.05, 0.1) is 19.9 Å². The van der Waals surface area contributed by atoms with Gasteiger partial charge in [0.25, 0.3) is 5.91 Å². The van der Waals surface area contributed by atoms with Crippen molar-refractivity contribution in [3.8, 4) is 11.5 Å². The van der Waals surface area contributed by atoms with Gasteiger partial charge >= 0.3 is 5.97 Å². The molecule has 0 saturated heterocycles. The fourth-order valence-corrected chi connectivity index (χ4v) is 2.32. The van der Waals surface area contributed by atoms with Crippen molar-refractivity contribution >= 4 is 23.6 Å². The zero-order chi connectivity index (χ0) is 21.6. The summed E-state index contributed by atoms with van der Waals surface area (Å²) in [6, 6.07) is 6.56. The molecule has 0 heterocycles. The van der Waals surface area contributed by atoms with E-state index in [-0.39, 0.29) is 0 Å². The van der Waals surface area contributed by atoms with E-state index >= 15 is 0 Å². The summed E-state index contributed by atoms with van der Waals surface area (Å²) in [5, 5.41) is 2.03. The predicted octanol–water partition coefficient (Wildman–Crippen LogP) is 3.70. The molecule has 0 saturated carbocycles. The van der Waals surface area contributed by atoms with Crippen molar-refractivity contribution in [1.29, 1.82) is 0 Å². The molecular formula is C20H18F3NO5. The van der Waals surface area contributed by atoms with Gasteiger partial charge in [0.1, 0.15) is 0 Å². The fourth-order valence-electron chi connectivity index (χ4n) is 2.32. The van der Waals surface area contributed by atoms with Crippen LogP contribution in [0.2, 0.25) is 0 Å². The monoisotopic (exact) mass is 409 g/mol. The minimum Gasteiger partial charge on any atom is -0.493 e. The molecule has 2 rings (SSSR count). The Morgan fingerprint density at radius 2 is 1.76 bits per heavy atom. The SMILES string of the molecule is COc1cccc(/C=C/C(=O)O[C@H](C)C(=O)Nc2ccc(F)c(F)c2F)c1OC. The topological polar surface area (TPSA) is 73.9 Å². The third-order valence-corrected chi connectivity index (χ3v) is 3.79. The van der Waals surface area contributed by atoms with Gasteiger partial charge in [-0.05, 0) is 31.2 Å². The van der Waals surface area contributed by atoms with Gasteiger partial charge in [-0.1, -0.05) is 12.1 Å². The first-order valence-corrected chi connectivity index (χ1v) is 8.32. The maximum Gasteiger partial charge on any atom is 0.331 e. The van der Waals surface area contributed by atoms with Crippen LogP contribution in [0.15, 0.2) is 36.4 Å². The van der Waals surface area contributed by atoms with Gasteiger partial charge in [-0.2, -0.15) is 0 Å². The number of amides is 1. The lowest BCUT2D eigenvalue weighted by Gasteiger charge is -2.13. The van der Waals surface area contributed by atoms with Crippen molar-refractivity contribution in [1.82, 2.24) is 0 Å². The van der Waals surface area contributed by atoms with E-state index < -0.39 is 41.1 Å². The van der Waals surface area contributed by atoms with E-state index in [1.807, 2.05) is 5.32 Å². The highest BCUT2D eigenvalue weighted by Gasteiger charge is 2.20. The highest BCUT2D eigenvalue weighted by atomic mass is 19.2. The molecule has 0 aliphatic carbocycles. The van der Waals surface area contributed by atoms with Crippen molar-refractivity contribution in [2.75, 3.05) is 19.5 Å². The lowest BCUT2D eigenvalue weighted by Crippen LogP contribution is -2.29. The van der Waals surface area contributed by atoms with Crippen molar-refractivity contribution in [2.45, 2.75) is 13.0 Å². The summed E-state index contributed by atoms with van der Waals surface area (Å²) in [7, 11) is 2.91. The molecule has 0 aliphatic heterocycles. The molecule has 29 heavy (non-hydrogen) atoms. The molecule has 9 heteroatoms. The first-order valence-electron chi connectivity index (χ1n) is 8.32. The summed E-state index contributed by atoms with van der Waals surface area (Å²) in [5.41, 5.74) is -0.0433. The summed E-state index contributed by atoms with van der Waals surface area (Å²) in [5.74, 6) is -5.58. The van der Waals surface area contributed by atoms with E-state index in [1.54, 1.807) is 18.2 Å². The number of ether oxygens (including phenoxy) is 3. The molecule has 2 aromatic carbocycles. The van der Waals surface area contributed by atoms with E-state index in [0.717, 1.165) is 12.1 Å². The molecule has 0 aromatic heterocycles. The van der Waals surface area contributed by atoms with Crippen LogP contribution in [0, 0.1) is 17.5 Å². The van der Waals surface area contributed by atoms with E-state index in [1.165, 1.54) is 27.2 Å². The largest absolute Gasteiger partial charge is 0.493 e. The quantitative estimate of drug-likeness (QED) is 0.429. The molecular weight excluding hydrogens is 391 g/mol. The van der Waals surface area contributed by atoms with Gasteiger partial charge in [0, 0.05) is 11.6 Å². The first-order chi connectivity index (χ1) is 13.8. The predicted molar refractivity (Wildman–Crippen MR) is 99.1 cm³/mol. The summed E-state index contributed by atoms with van der Waals surface area (Å²) in [6.45, 7) is 1.24. The van der Waals surface area contributed by atoms with Gasteiger partial charge in [-0.25, -0.2) is 18.0 Å². The fraction of sp³-hybridized carbons (Fsp3) is 0.200. The number of hydrogen-bond acceptors (Lipinski definition) is 5. The molecule has 0 bridgehead atoms. The van der Waals surface area contributed by atoms with Gasteiger partial charge in [-0.3, -0.25) is 4.79 Å². The standard InChI is InChI=1S/C20H18F3NO5/c1-11(20(26)24-14-9-8-13(21)17(22)18(14)23)29-16(25)10-7-12-5-4-6-15(27-2)19(12)28-3/h4-11H,1-3H3,(H,24,26)/b10-7+/t11-/m1/s1. The normalized spacial score (nSPS) is 11.8. The minimum atomic E-state index is -1.72. The van der Waals surface area contributed by atoms with Gasteiger partial charge < -0.3 is 19.5 Å². The zero-order valence-electron chi connectivity index (χ0n) is 15.8. The first kappa shape index (κ1) is 21.8. The van der Waals surface area contributed by atoms with Crippen LogP contribution in [0.5, 0.6) is 11.5 Å². The highest BCUT2D eigenvalue weighted by Crippen LogP contribution is 2.31. The van der Waals surface area contributed by atoms with Crippen LogP contribution in [0.3, 0.4) is 0 Å². The van der Waals surface area contributed by atoms with E-state index in [9.17, 15) is 22.8 Å². The maximum absolute atomic E-state index is 13.6. The Labute approximate surface area is 164 Å². The van der Waals surface area contributed by atoms with E-state index in [4.69, 9.17) is 14.2 Å². The van der Waals surface area contributed by atoms with Gasteiger partial charge in [0.2, 0.25) is 0 Å². The second-order valence-corrected chi connectivity index (χ2v) is 5.71. The second kappa shape index (κ2) is 9.63. The number of benzene rings is 2. The van der Waals surface area contributed by atoms with Crippen LogP contribution < -0.4 is 14.8 Å². The summed E-state index contributed by atoms with van der Waals surface area (Å²) >= 11 is 0. The lowest BCUT2D eigenvalue weighted by atomic mass is 10.1. The highest BCUT2D eigenvalue weighted by molar-refractivity contribution is 5.96. The van der Waals surface area contributed by atoms with Crippen LogP contribution in [0.25, 0.3) is 6.08 Å². The molecule has 154 valence electrons. The second-order valence-electron chi connectivity index (χ2n) is 5.71. The van der Waals surface area contributed by atoms with Crippen molar-refractivity contribution in [2.24, 2.45) is 0 Å². The summed E-state index contributed by atoms with van der Waals surface area (Å²) in [6.07, 6.45) is 1.15. The Morgan fingerprint density at radius 1 is 1.03 bits per heavy atom. The molecule has 0 spiro atoms. The molecule has 2 aromatic rings. The average molecular weight is 409 g/mol. The lowest BCUT2D eigenvalue weighted by molar-refractivity contribution is -0.148. The number of rotatable bonds is 7. The number of carbonyl (C=O) groups is 2. The average Bonchev–Trinajstić information content (AvgIpc) is 2.71.